The average molecular weight is 421 g/mol. The Balaban J connectivity index is 1.38. The van der Waals surface area contributed by atoms with Gasteiger partial charge in [0, 0.05) is 25.6 Å². The Bertz CT molecular complexity index is 1160. The summed E-state index contributed by atoms with van der Waals surface area (Å²) in [6, 6.07) is 9.03. The summed E-state index contributed by atoms with van der Waals surface area (Å²) >= 11 is 0. The highest BCUT2D eigenvalue weighted by Gasteiger charge is 2.46. The number of carbonyl (C=O) groups excluding carboxylic acids is 2. The fourth-order valence-corrected chi connectivity index (χ4v) is 3.73. The fraction of sp³-hybridized carbons (Fsp3) is 0.286. The van der Waals surface area contributed by atoms with Gasteiger partial charge in [-0.3, -0.25) is 14.7 Å². The lowest BCUT2D eigenvalue weighted by atomic mass is 10.0. The number of pyridine rings is 1. The number of aryl methyl sites for hydroxylation is 1. The summed E-state index contributed by atoms with van der Waals surface area (Å²) < 4.78 is 16.4. The lowest BCUT2D eigenvalue weighted by Crippen LogP contribution is -2.47. The van der Waals surface area contributed by atoms with E-state index in [1.165, 1.54) is 6.92 Å². The molecule has 0 bridgehead atoms. The Morgan fingerprint density at radius 1 is 1.26 bits per heavy atom. The van der Waals surface area contributed by atoms with E-state index in [-0.39, 0.29) is 25.1 Å². The molecular weight excluding hydrogens is 402 g/mol. The van der Waals surface area contributed by atoms with Gasteiger partial charge in [0.05, 0.1) is 12.2 Å². The Kier molecular flexibility index (Phi) is 4.54. The van der Waals surface area contributed by atoms with Gasteiger partial charge in [0.15, 0.2) is 0 Å². The second-order valence-corrected chi connectivity index (χ2v) is 7.36. The number of fused-ring (bicyclic) bond motifs is 3. The summed E-state index contributed by atoms with van der Waals surface area (Å²) in [7, 11) is 0. The maximum Gasteiger partial charge on any atom is 0.415 e. The van der Waals surface area contributed by atoms with Gasteiger partial charge in [0.25, 0.3) is 0 Å². The third kappa shape index (κ3) is 3.45. The van der Waals surface area contributed by atoms with Gasteiger partial charge in [-0.15, -0.1) is 0 Å². The van der Waals surface area contributed by atoms with Crippen LogP contribution in [0.5, 0.6) is 5.75 Å². The molecule has 5 rings (SSSR count). The number of ether oxygens (including phenoxy) is 2. The molecule has 0 aliphatic carbocycles. The van der Waals surface area contributed by atoms with Crippen LogP contribution in [0.1, 0.15) is 12.8 Å². The predicted octanol–water partition coefficient (Wildman–Crippen LogP) is 2.33. The zero-order valence-electron chi connectivity index (χ0n) is 16.9. The molecule has 3 aromatic rings. The normalized spacial score (nSPS) is 19.3. The number of carbonyl (C=O) groups is 2. The summed E-state index contributed by atoms with van der Waals surface area (Å²) in [5.41, 5.74) is 3.03. The first-order chi connectivity index (χ1) is 15.0. The molecule has 1 aromatic carbocycles. The van der Waals surface area contributed by atoms with Crippen LogP contribution in [0.4, 0.5) is 10.5 Å². The highest BCUT2D eigenvalue weighted by atomic mass is 16.6. The van der Waals surface area contributed by atoms with Gasteiger partial charge < -0.3 is 19.3 Å². The Morgan fingerprint density at radius 2 is 2.10 bits per heavy atom. The molecule has 0 spiro atoms. The first kappa shape index (κ1) is 19.0. The monoisotopic (exact) mass is 421 g/mol. The van der Waals surface area contributed by atoms with Gasteiger partial charge in [-0.2, -0.15) is 4.98 Å². The number of nitrogens with one attached hydrogen (secondary N) is 1. The Morgan fingerprint density at radius 3 is 2.81 bits per heavy atom. The molecule has 2 aliphatic rings. The fourth-order valence-electron chi connectivity index (χ4n) is 3.73. The number of benzene rings is 1. The molecule has 10 heteroatoms. The van der Waals surface area contributed by atoms with Crippen LogP contribution in [0.25, 0.3) is 22.6 Å². The minimum Gasteiger partial charge on any atom is -0.489 e. The molecule has 0 saturated carbocycles. The molecule has 2 amide bonds. The minimum atomic E-state index is -0.463. The quantitative estimate of drug-likeness (QED) is 0.682. The molecule has 10 nitrogen and oxygen atoms in total. The number of hydrogen-bond acceptors (Lipinski definition) is 8. The Hall–Kier alpha value is -3.95. The molecule has 1 N–H and O–H groups in total. The van der Waals surface area contributed by atoms with Gasteiger partial charge in [0.1, 0.15) is 30.2 Å². The number of aromatic nitrogens is 3. The van der Waals surface area contributed by atoms with Gasteiger partial charge in [0.2, 0.25) is 17.6 Å². The van der Waals surface area contributed by atoms with Crippen molar-refractivity contribution >= 4 is 17.7 Å². The van der Waals surface area contributed by atoms with Crippen molar-refractivity contribution in [1.29, 1.82) is 0 Å². The average Bonchev–Trinajstić information content (AvgIpc) is 3.35. The lowest BCUT2D eigenvalue weighted by molar-refractivity contribution is -0.119. The van der Waals surface area contributed by atoms with Crippen LogP contribution in [0.3, 0.4) is 0 Å². The van der Waals surface area contributed by atoms with Gasteiger partial charge in [-0.1, -0.05) is 17.3 Å². The van der Waals surface area contributed by atoms with Crippen LogP contribution < -0.4 is 15.0 Å². The number of anilines is 1. The van der Waals surface area contributed by atoms with E-state index in [2.05, 4.69) is 20.4 Å². The van der Waals surface area contributed by atoms with E-state index in [1.54, 1.807) is 18.0 Å². The number of rotatable bonds is 4. The van der Waals surface area contributed by atoms with E-state index in [4.69, 9.17) is 14.0 Å². The second kappa shape index (κ2) is 7.38. The maximum atomic E-state index is 12.5. The van der Waals surface area contributed by atoms with E-state index in [0.717, 1.165) is 11.1 Å². The molecule has 4 heterocycles. The van der Waals surface area contributed by atoms with Crippen LogP contribution in [-0.2, 0) is 9.53 Å². The molecule has 2 atom stereocenters. The third-order valence-electron chi connectivity index (χ3n) is 5.24. The second-order valence-electron chi connectivity index (χ2n) is 7.36. The topological polar surface area (TPSA) is 120 Å². The standard InChI is InChI=1S/C21H19N5O5/c1-11(27)22-9-19-17-10-29-18-7-13(4-6-16(18)26(17)21(28)30-19)14-3-5-15(23-8-14)20-24-12(2)31-25-20/h3-8,17,19H,9-10H2,1-2H3,(H,22,27). The molecule has 0 radical (unpaired) electrons. The van der Waals surface area contributed by atoms with Crippen molar-refractivity contribution in [2.24, 2.45) is 0 Å². The van der Waals surface area contributed by atoms with Crippen LogP contribution in [0.15, 0.2) is 41.1 Å². The van der Waals surface area contributed by atoms with Crippen LogP contribution >= 0.6 is 0 Å². The number of hydrogen-bond donors (Lipinski definition) is 1. The van der Waals surface area contributed by atoms with E-state index >= 15 is 0 Å². The van der Waals surface area contributed by atoms with E-state index in [1.807, 2.05) is 30.3 Å². The minimum absolute atomic E-state index is 0.176. The van der Waals surface area contributed by atoms with Gasteiger partial charge in [-0.05, 0) is 23.8 Å². The first-order valence-electron chi connectivity index (χ1n) is 9.78. The highest BCUT2D eigenvalue weighted by Crippen LogP contribution is 2.41. The third-order valence-corrected chi connectivity index (χ3v) is 5.24. The molecule has 1 fully saturated rings. The van der Waals surface area contributed by atoms with Crippen molar-refractivity contribution in [3.8, 4) is 28.4 Å². The maximum absolute atomic E-state index is 12.5. The van der Waals surface area contributed by atoms with Crippen LogP contribution in [0.2, 0.25) is 0 Å². The largest absolute Gasteiger partial charge is 0.489 e. The summed E-state index contributed by atoms with van der Waals surface area (Å²) in [6.07, 6.45) is 0.816. The van der Waals surface area contributed by atoms with Gasteiger partial charge >= 0.3 is 6.09 Å². The van der Waals surface area contributed by atoms with Crippen molar-refractivity contribution in [2.45, 2.75) is 26.0 Å². The molecule has 2 unspecified atom stereocenters. The predicted molar refractivity (Wildman–Crippen MR) is 108 cm³/mol. The number of cyclic esters (lactones) is 1. The SMILES string of the molecule is CC(=O)NCC1OC(=O)N2c3ccc(-c4ccc(-c5noc(C)n5)nc4)cc3OCC12. The molecule has 1 saturated heterocycles. The number of amides is 2. The van der Waals surface area contributed by atoms with Gasteiger partial charge in [-0.25, -0.2) is 4.79 Å². The van der Waals surface area contributed by atoms with E-state index in [9.17, 15) is 9.59 Å². The summed E-state index contributed by atoms with van der Waals surface area (Å²) in [5.74, 6) is 1.32. The van der Waals surface area contributed by atoms with E-state index in [0.29, 0.717) is 28.8 Å². The summed E-state index contributed by atoms with van der Waals surface area (Å²) in [4.78, 5) is 33.8. The number of nitrogens with zero attached hydrogens (tertiary/aromatic N) is 4. The summed E-state index contributed by atoms with van der Waals surface area (Å²) in [5, 5.41) is 6.56. The summed E-state index contributed by atoms with van der Waals surface area (Å²) in [6.45, 7) is 3.67. The smallest absolute Gasteiger partial charge is 0.415 e. The van der Waals surface area contributed by atoms with Crippen molar-refractivity contribution in [1.82, 2.24) is 20.4 Å². The van der Waals surface area contributed by atoms with E-state index < -0.39 is 12.2 Å². The van der Waals surface area contributed by atoms with Crippen molar-refractivity contribution in [3.05, 3.63) is 42.4 Å². The zero-order valence-corrected chi connectivity index (χ0v) is 16.9. The van der Waals surface area contributed by atoms with Crippen molar-refractivity contribution < 1.29 is 23.6 Å². The molecule has 2 aromatic heterocycles. The molecule has 31 heavy (non-hydrogen) atoms. The van der Waals surface area contributed by atoms with Crippen LogP contribution in [0, 0.1) is 6.92 Å². The van der Waals surface area contributed by atoms with Crippen molar-refractivity contribution in [3.63, 3.8) is 0 Å². The van der Waals surface area contributed by atoms with Crippen LogP contribution in [-0.4, -0.2) is 52.4 Å². The highest BCUT2D eigenvalue weighted by molar-refractivity contribution is 5.94. The van der Waals surface area contributed by atoms with Crippen molar-refractivity contribution in [2.75, 3.05) is 18.1 Å². The molecule has 158 valence electrons. The zero-order chi connectivity index (χ0) is 21.5. The molecule has 2 aliphatic heterocycles. The molecular formula is C21H19N5O5. The first-order valence-corrected chi connectivity index (χ1v) is 9.78. The lowest BCUT2D eigenvalue weighted by Gasteiger charge is -2.31. The Labute approximate surface area is 177 Å².